The van der Waals surface area contributed by atoms with E-state index < -0.39 is 0 Å². The third kappa shape index (κ3) is 4.92. The van der Waals surface area contributed by atoms with Crippen LogP contribution in [-0.2, 0) is 0 Å². The average molecular weight is 638 g/mol. The van der Waals surface area contributed by atoms with Crippen molar-refractivity contribution in [1.82, 2.24) is 24.9 Å². The minimum Gasteiger partial charge on any atom is -0.254 e. The standard InChI is InChI=1S/C45H27N5/c1-2-6-37-28(4-1)18-23-40(47-37)41-24-19-32-12-16-36(27-43(32)49-41)35-15-11-31-17-21-38(48-42(31)26-35)29-7-9-30(10-8-29)39-22-20-34-14-13-33-5-3-25-46-44(33)45(34)50-39/h1-27H. The number of aromatic nitrogens is 5. The van der Waals surface area contributed by atoms with Crippen molar-refractivity contribution in [2.24, 2.45) is 0 Å². The van der Waals surface area contributed by atoms with Gasteiger partial charge in [-0.1, -0.05) is 109 Å². The lowest BCUT2D eigenvalue weighted by molar-refractivity contribution is 1.32. The van der Waals surface area contributed by atoms with Crippen molar-refractivity contribution in [3.05, 3.63) is 164 Å². The quantitative estimate of drug-likeness (QED) is 0.180. The lowest BCUT2D eigenvalue weighted by Gasteiger charge is -2.09. The van der Waals surface area contributed by atoms with E-state index in [2.05, 4.69) is 126 Å². The van der Waals surface area contributed by atoms with Crippen LogP contribution in [0.25, 0.3) is 99.5 Å². The van der Waals surface area contributed by atoms with E-state index in [1.54, 1.807) is 0 Å². The summed E-state index contributed by atoms with van der Waals surface area (Å²) >= 11 is 0. The number of fused-ring (bicyclic) bond motifs is 6. The summed E-state index contributed by atoms with van der Waals surface area (Å²) in [6.45, 7) is 0. The molecule has 10 aromatic rings. The first-order chi connectivity index (χ1) is 24.7. The summed E-state index contributed by atoms with van der Waals surface area (Å²) in [5, 5.41) is 5.48. The molecule has 5 heterocycles. The number of hydrogen-bond acceptors (Lipinski definition) is 5. The Balaban J connectivity index is 0.965. The molecule has 0 fully saturated rings. The van der Waals surface area contributed by atoms with Crippen LogP contribution in [0, 0.1) is 0 Å². The van der Waals surface area contributed by atoms with Crippen LogP contribution in [0.15, 0.2) is 164 Å². The van der Waals surface area contributed by atoms with E-state index in [9.17, 15) is 0 Å². The maximum Gasteiger partial charge on any atom is 0.0972 e. The number of rotatable bonds is 4. The van der Waals surface area contributed by atoms with E-state index in [0.717, 1.165) is 99.5 Å². The van der Waals surface area contributed by atoms with Crippen LogP contribution >= 0.6 is 0 Å². The van der Waals surface area contributed by atoms with Gasteiger partial charge in [-0.3, -0.25) is 4.98 Å². The van der Waals surface area contributed by atoms with Gasteiger partial charge in [0.15, 0.2) is 0 Å². The fourth-order valence-corrected chi connectivity index (χ4v) is 6.80. The molecule has 0 saturated carbocycles. The van der Waals surface area contributed by atoms with Crippen molar-refractivity contribution in [1.29, 1.82) is 0 Å². The maximum absolute atomic E-state index is 5.10. The number of nitrogens with zero attached hydrogens (tertiary/aromatic N) is 5. The summed E-state index contributed by atoms with van der Waals surface area (Å²) in [7, 11) is 0. The largest absolute Gasteiger partial charge is 0.254 e. The summed E-state index contributed by atoms with van der Waals surface area (Å²) in [5.74, 6) is 0. The SMILES string of the molecule is c1ccc2nc(-c3ccc4ccc(-c5ccc6ccc(-c7ccc(-c8ccc9ccc%10cccnc%10c9n8)cc7)nc6c5)cc4n3)ccc2c1. The van der Waals surface area contributed by atoms with Gasteiger partial charge >= 0.3 is 0 Å². The van der Waals surface area contributed by atoms with E-state index in [0.29, 0.717) is 0 Å². The Morgan fingerprint density at radius 3 is 1.40 bits per heavy atom. The van der Waals surface area contributed by atoms with Gasteiger partial charge in [-0.25, -0.2) is 19.9 Å². The van der Waals surface area contributed by atoms with E-state index in [1.165, 1.54) is 0 Å². The van der Waals surface area contributed by atoms with Crippen molar-refractivity contribution in [2.45, 2.75) is 0 Å². The highest BCUT2D eigenvalue weighted by Crippen LogP contribution is 2.31. The molecule has 0 saturated heterocycles. The molecule has 0 atom stereocenters. The van der Waals surface area contributed by atoms with Crippen LogP contribution in [0.3, 0.4) is 0 Å². The first-order valence-electron chi connectivity index (χ1n) is 16.7. The van der Waals surface area contributed by atoms with Gasteiger partial charge in [0.1, 0.15) is 0 Å². The molecular weight excluding hydrogens is 611 g/mol. The third-order valence-electron chi connectivity index (χ3n) is 9.49. The highest BCUT2D eigenvalue weighted by Gasteiger charge is 2.10. The van der Waals surface area contributed by atoms with Gasteiger partial charge < -0.3 is 0 Å². The molecule has 0 aliphatic rings. The molecule has 5 heteroatoms. The first kappa shape index (κ1) is 28.2. The van der Waals surface area contributed by atoms with Gasteiger partial charge in [-0.05, 0) is 59.7 Å². The third-order valence-corrected chi connectivity index (χ3v) is 9.49. The molecule has 5 aromatic carbocycles. The van der Waals surface area contributed by atoms with Crippen molar-refractivity contribution in [3.63, 3.8) is 0 Å². The number of pyridine rings is 5. The van der Waals surface area contributed by atoms with Crippen molar-refractivity contribution >= 4 is 54.5 Å². The summed E-state index contributed by atoms with van der Waals surface area (Å²) in [6.07, 6.45) is 1.82. The lowest BCUT2D eigenvalue weighted by atomic mass is 10.0. The Bertz CT molecular complexity index is 2930. The van der Waals surface area contributed by atoms with Crippen molar-refractivity contribution in [3.8, 4) is 45.0 Å². The Hall–Kier alpha value is -6.85. The molecule has 0 spiro atoms. The molecule has 0 amide bonds. The summed E-state index contributed by atoms with van der Waals surface area (Å²) in [6, 6.07) is 54.5. The lowest BCUT2D eigenvalue weighted by Crippen LogP contribution is -1.90. The second-order valence-corrected chi connectivity index (χ2v) is 12.6. The molecular formula is C45H27N5. The minimum absolute atomic E-state index is 0.859. The van der Waals surface area contributed by atoms with Gasteiger partial charge in [0.25, 0.3) is 0 Å². The second-order valence-electron chi connectivity index (χ2n) is 12.6. The summed E-state index contributed by atoms with van der Waals surface area (Å²) in [4.78, 5) is 24.6. The Labute approximate surface area is 287 Å². The highest BCUT2D eigenvalue weighted by molar-refractivity contribution is 6.03. The zero-order chi connectivity index (χ0) is 33.0. The van der Waals surface area contributed by atoms with E-state index in [-0.39, 0.29) is 0 Å². The van der Waals surface area contributed by atoms with Crippen LogP contribution < -0.4 is 0 Å². The highest BCUT2D eigenvalue weighted by atomic mass is 14.8. The Morgan fingerprint density at radius 2 is 0.720 bits per heavy atom. The molecule has 0 aliphatic carbocycles. The molecule has 232 valence electrons. The molecule has 0 bridgehead atoms. The maximum atomic E-state index is 5.10. The smallest absolute Gasteiger partial charge is 0.0972 e. The van der Waals surface area contributed by atoms with Gasteiger partial charge in [-0.15, -0.1) is 0 Å². The molecule has 0 unspecified atom stereocenters. The monoisotopic (exact) mass is 637 g/mol. The Morgan fingerprint density at radius 1 is 0.280 bits per heavy atom. The van der Waals surface area contributed by atoms with Crippen LogP contribution in [-0.4, -0.2) is 24.9 Å². The van der Waals surface area contributed by atoms with Gasteiger partial charge in [-0.2, -0.15) is 0 Å². The molecule has 0 N–H and O–H groups in total. The summed E-state index contributed by atoms with van der Waals surface area (Å²) in [5.41, 5.74) is 12.6. The fraction of sp³-hybridized carbons (Fsp3) is 0. The van der Waals surface area contributed by atoms with Gasteiger partial charge in [0.05, 0.1) is 50.4 Å². The minimum atomic E-state index is 0.859. The second kappa shape index (κ2) is 11.4. The zero-order valence-electron chi connectivity index (χ0n) is 26.8. The van der Waals surface area contributed by atoms with Crippen molar-refractivity contribution < 1.29 is 0 Å². The normalized spacial score (nSPS) is 11.6. The van der Waals surface area contributed by atoms with Crippen molar-refractivity contribution in [2.75, 3.05) is 0 Å². The average Bonchev–Trinajstić information content (AvgIpc) is 3.19. The number of hydrogen-bond donors (Lipinski definition) is 0. The predicted octanol–water partition coefficient (Wildman–Crippen LogP) is 11.1. The number of para-hydroxylation sites is 1. The molecule has 0 aliphatic heterocycles. The van der Waals surface area contributed by atoms with Gasteiger partial charge in [0, 0.05) is 44.3 Å². The molecule has 50 heavy (non-hydrogen) atoms. The molecule has 0 radical (unpaired) electrons. The van der Waals surface area contributed by atoms with E-state index in [4.69, 9.17) is 19.9 Å². The van der Waals surface area contributed by atoms with Gasteiger partial charge in [0.2, 0.25) is 0 Å². The zero-order valence-corrected chi connectivity index (χ0v) is 26.8. The van der Waals surface area contributed by atoms with Crippen LogP contribution in [0.4, 0.5) is 0 Å². The Kier molecular flexibility index (Phi) is 6.42. The molecule has 5 aromatic heterocycles. The molecule has 5 nitrogen and oxygen atoms in total. The predicted molar refractivity (Wildman–Crippen MR) is 205 cm³/mol. The summed E-state index contributed by atoms with van der Waals surface area (Å²) < 4.78 is 0. The van der Waals surface area contributed by atoms with Crippen LogP contribution in [0.2, 0.25) is 0 Å². The van der Waals surface area contributed by atoms with E-state index in [1.807, 2.05) is 42.6 Å². The number of benzene rings is 5. The van der Waals surface area contributed by atoms with Crippen LogP contribution in [0.1, 0.15) is 0 Å². The first-order valence-corrected chi connectivity index (χ1v) is 16.7. The fourth-order valence-electron chi connectivity index (χ4n) is 6.80. The topological polar surface area (TPSA) is 64.5 Å². The molecule has 10 rings (SSSR count). The van der Waals surface area contributed by atoms with Crippen LogP contribution in [0.5, 0.6) is 0 Å². The van der Waals surface area contributed by atoms with E-state index >= 15 is 0 Å².